The van der Waals surface area contributed by atoms with Crippen molar-refractivity contribution in [1.82, 2.24) is 0 Å². The second-order valence-corrected chi connectivity index (χ2v) is 3.29. The molecule has 0 bridgehead atoms. The highest BCUT2D eigenvalue weighted by atomic mass is 32.1. The highest BCUT2D eigenvalue weighted by molar-refractivity contribution is 7.80. The van der Waals surface area contributed by atoms with Crippen molar-refractivity contribution >= 4 is 17.3 Å². The third-order valence-corrected chi connectivity index (χ3v) is 2.41. The number of thiocarbonyl (C=S) groups is 1. The molecule has 0 heterocycles. The minimum Gasteiger partial charge on any atom is -0.487 e. The summed E-state index contributed by atoms with van der Waals surface area (Å²) in [5.74, 6) is 0.205. The predicted octanol–water partition coefficient (Wildman–Crippen LogP) is 3.15. The zero-order valence-corrected chi connectivity index (χ0v) is 8.80. The Balaban J connectivity index is 2.68. The van der Waals surface area contributed by atoms with Gasteiger partial charge >= 0.3 is 0 Å². The molecule has 1 unspecified atom stereocenters. The van der Waals surface area contributed by atoms with Gasteiger partial charge in [-0.25, -0.2) is 0 Å². The summed E-state index contributed by atoms with van der Waals surface area (Å²) in [6.45, 7) is 4.66. The number of hydrogen-bond acceptors (Lipinski definition) is 2. The normalized spacial score (nSPS) is 12.2. The van der Waals surface area contributed by atoms with Crippen LogP contribution in [-0.2, 0) is 4.74 Å². The van der Waals surface area contributed by atoms with Crippen molar-refractivity contribution < 1.29 is 4.74 Å². The van der Waals surface area contributed by atoms with Crippen molar-refractivity contribution in [3.63, 3.8) is 0 Å². The van der Waals surface area contributed by atoms with E-state index in [0.717, 1.165) is 0 Å². The summed E-state index contributed by atoms with van der Waals surface area (Å²) in [5, 5.41) is 0.675. The van der Waals surface area contributed by atoms with Gasteiger partial charge in [0, 0.05) is 5.92 Å². The molecule has 70 valence electrons. The molecule has 0 aliphatic carbocycles. The second kappa shape index (κ2) is 4.97. The summed E-state index contributed by atoms with van der Waals surface area (Å²) in [7, 11) is 0. The average Bonchev–Trinajstić information content (AvgIpc) is 2.18. The van der Waals surface area contributed by atoms with E-state index in [0.29, 0.717) is 11.7 Å². The second-order valence-electron chi connectivity index (χ2n) is 2.88. The molecule has 0 spiro atoms. The van der Waals surface area contributed by atoms with E-state index in [1.54, 1.807) is 0 Å². The molecule has 0 radical (unpaired) electrons. The van der Waals surface area contributed by atoms with Crippen LogP contribution in [0.25, 0.3) is 0 Å². The lowest BCUT2D eigenvalue weighted by Crippen LogP contribution is -2.10. The fourth-order valence-electron chi connectivity index (χ4n) is 1.15. The van der Waals surface area contributed by atoms with Gasteiger partial charge in [0.25, 0.3) is 0 Å². The minimum absolute atomic E-state index is 0.205. The van der Waals surface area contributed by atoms with Crippen LogP contribution in [0, 0.1) is 0 Å². The molecule has 1 nitrogen and oxygen atoms in total. The molecule has 1 aromatic carbocycles. The van der Waals surface area contributed by atoms with Gasteiger partial charge in [-0.05, 0) is 24.7 Å². The van der Waals surface area contributed by atoms with Gasteiger partial charge in [0.15, 0.2) is 5.05 Å². The Morgan fingerprint density at radius 3 is 2.54 bits per heavy atom. The standard InChI is InChI=1S/C11H14OS/c1-3-12-11(13)9(2)10-7-5-4-6-8-10/h4-9H,3H2,1-2H3. The van der Waals surface area contributed by atoms with Crippen LogP contribution in [0.3, 0.4) is 0 Å². The molecule has 1 atom stereocenters. The van der Waals surface area contributed by atoms with Gasteiger partial charge in [-0.15, -0.1) is 0 Å². The Morgan fingerprint density at radius 2 is 2.00 bits per heavy atom. The molecule has 13 heavy (non-hydrogen) atoms. The molecule has 0 saturated carbocycles. The molecule has 0 aliphatic rings. The third-order valence-electron chi connectivity index (χ3n) is 1.94. The smallest absolute Gasteiger partial charge is 0.166 e. The molecule has 0 aromatic heterocycles. The number of ether oxygens (including phenoxy) is 1. The van der Waals surface area contributed by atoms with Gasteiger partial charge in [0.1, 0.15) is 0 Å². The van der Waals surface area contributed by atoms with Crippen molar-refractivity contribution in [2.45, 2.75) is 19.8 Å². The highest BCUT2D eigenvalue weighted by Gasteiger charge is 2.10. The van der Waals surface area contributed by atoms with E-state index in [1.807, 2.05) is 25.1 Å². The summed E-state index contributed by atoms with van der Waals surface area (Å²) in [6, 6.07) is 10.2. The first kappa shape index (κ1) is 10.2. The lowest BCUT2D eigenvalue weighted by Gasteiger charge is -2.13. The molecule has 0 N–H and O–H groups in total. The zero-order valence-electron chi connectivity index (χ0n) is 7.99. The zero-order chi connectivity index (χ0) is 9.68. The van der Waals surface area contributed by atoms with E-state index >= 15 is 0 Å². The Hall–Kier alpha value is -0.890. The van der Waals surface area contributed by atoms with E-state index in [-0.39, 0.29) is 5.92 Å². The summed E-state index contributed by atoms with van der Waals surface area (Å²) >= 11 is 5.14. The summed E-state index contributed by atoms with van der Waals surface area (Å²) in [4.78, 5) is 0. The number of rotatable bonds is 3. The van der Waals surface area contributed by atoms with Gasteiger partial charge in [-0.2, -0.15) is 0 Å². The van der Waals surface area contributed by atoms with Gasteiger partial charge < -0.3 is 4.74 Å². The minimum atomic E-state index is 0.205. The van der Waals surface area contributed by atoms with Crippen LogP contribution in [0.15, 0.2) is 30.3 Å². The van der Waals surface area contributed by atoms with Crippen LogP contribution in [0.1, 0.15) is 25.3 Å². The highest BCUT2D eigenvalue weighted by Crippen LogP contribution is 2.17. The van der Waals surface area contributed by atoms with Gasteiger partial charge in [-0.3, -0.25) is 0 Å². The maximum Gasteiger partial charge on any atom is 0.166 e. The molecule has 1 aromatic rings. The number of hydrogen-bond donors (Lipinski definition) is 0. The molecule has 0 aliphatic heterocycles. The predicted molar refractivity (Wildman–Crippen MR) is 59.1 cm³/mol. The van der Waals surface area contributed by atoms with Gasteiger partial charge in [0.05, 0.1) is 6.61 Å². The first-order valence-electron chi connectivity index (χ1n) is 4.47. The van der Waals surface area contributed by atoms with Crippen molar-refractivity contribution in [2.75, 3.05) is 6.61 Å². The summed E-state index contributed by atoms with van der Waals surface area (Å²) in [6.07, 6.45) is 0. The quantitative estimate of drug-likeness (QED) is 0.684. The Labute approximate surface area is 84.7 Å². The van der Waals surface area contributed by atoms with Crippen LogP contribution >= 0.6 is 12.2 Å². The topological polar surface area (TPSA) is 9.23 Å². The van der Waals surface area contributed by atoms with Crippen LogP contribution < -0.4 is 0 Å². The maximum absolute atomic E-state index is 5.29. The third kappa shape index (κ3) is 2.81. The Kier molecular flexibility index (Phi) is 3.90. The maximum atomic E-state index is 5.29. The van der Waals surface area contributed by atoms with E-state index in [9.17, 15) is 0 Å². The van der Waals surface area contributed by atoms with Crippen molar-refractivity contribution in [1.29, 1.82) is 0 Å². The fraction of sp³-hybridized carbons (Fsp3) is 0.364. The summed E-state index contributed by atoms with van der Waals surface area (Å²) in [5.41, 5.74) is 1.21. The van der Waals surface area contributed by atoms with Crippen LogP contribution in [-0.4, -0.2) is 11.7 Å². The van der Waals surface area contributed by atoms with Gasteiger partial charge in [-0.1, -0.05) is 37.3 Å². The van der Waals surface area contributed by atoms with Crippen molar-refractivity contribution in [2.24, 2.45) is 0 Å². The Morgan fingerprint density at radius 1 is 1.38 bits per heavy atom. The molecule has 1 rings (SSSR count). The fourth-order valence-corrected chi connectivity index (χ4v) is 1.40. The number of benzene rings is 1. The Bertz CT molecular complexity index is 269. The SMILES string of the molecule is CCOC(=S)C(C)c1ccccc1. The first-order valence-corrected chi connectivity index (χ1v) is 4.88. The largest absolute Gasteiger partial charge is 0.487 e. The lowest BCUT2D eigenvalue weighted by atomic mass is 10.0. The van der Waals surface area contributed by atoms with Crippen LogP contribution in [0.4, 0.5) is 0 Å². The monoisotopic (exact) mass is 194 g/mol. The summed E-state index contributed by atoms with van der Waals surface area (Å²) < 4.78 is 5.29. The molecule has 0 saturated heterocycles. The molecular weight excluding hydrogens is 180 g/mol. The molecule has 0 fully saturated rings. The average molecular weight is 194 g/mol. The van der Waals surface area contributed by atoms with Crippen LogP contribution in [0.2, 0.25) is 0 Å². The van der Waals surface area contributed by atoms with Crippen molar-refractivity contribution in [3.8, 4) is 0 Å². The lowest BCUT2D eigenvalue weighted by molar-refractivity contribution is 0.323. The first-order chi connectivity index (χ1) is 6.25. The van der Waals surface area contributed by atoms with E-state index in [4.69, 9.17) is 17.0 Å². The van der Waals surface area contributed by atoms with Crippen molar-refractivity contribution in [3.05, 3.63) is 35.9 Å². The van der Waals surface area contributed by atoms with E-state index in [1.165, 1.54) is 5.56 Å². The molecular formula is C11H14OS. The molecule has 0 amide bonds. The van der Waals surface area contributed by atoms with E-state index in [2.05, 4.69) is 19.1 Å². The van der Waals surface area contributed by atoms with E-state index < -0.39 is 0 Å². The van der Waals surface area contributed by atoms with Crippen LogP contribution in [0.5, 0.6) is 0 Å². The molecule has 2 heteroatoms. The van der Waals surface area contributed by atoms with Gasteiger partial charge in [0.2, 0.25) is 0 Å².